The molecule has 0 fully saturated rings. The lowest BCUT2D eigenvalue weighted by atomic mass is 10.0. The zero-order valence-corrected chi connectivity index (χ0v) is 12.1. The van der Waals surface area contributed by atoms with Crippen LogP contribution in [0.5, 0.6) is 5.75 Å². The summed E-state index contributed by atoms with van der Waals surface area (Å²) in [6, 6.07) is 3.85. The molecule has 0 aliphatic rings. The molecule has 1 aromatic rings. The van der Waals surface area contributed by atoms with Crippen LogP contribution in [-0.4, -0.2) is 25.1 Å². The Labute approximate surface area is 109 Å². The summed E-state index contributed by atoms with van der Waals surface area (Å²) in [5.41, 5.74) is 2.31. The standard InChI is InChI=1S/C15H22O3/c1-10-7-11(2)14(13(8-10)17-6)12(16)9-18-15(3,4)5/h7-8H,9H2,1-6H3. The summed E-state index contributed by atoms with van der Waals surface area (Å²) in [7, 11) is 1.58. The second-order valence-electron chi connectivity index (χ2n) is 5.48. The summed E-state index contributed by atoms with van der Waals surface area (Å²) in [6.07, 6.45) is 0. The van der Waals surface area contributed by atoms with Gasteiger partial charge in [-0.15, -0.1) is 0 Å². The van der Waals surface area contributed by atoms with E-state index in [4.69, 9.17) is 9.47 Å². The minimum absolute atomic E-state index is 0.0423. The maximum absolute atomic E-state index is 12.2. The van der Waals surface area contributed by atoms with Gasteiger partial charge in [-0.25, -0.2) is 0 Å². The van der Waals surface area contributed by atoms with Gasteiger partial charge in [-0.2, -0.15) is 0 Å². The van der Waals surface area contributed by atoms with Crippen molar-refractivity contribution >= 4 is 5.78 Å². The number of benzene rings is 1. The molecule has 0 spiro atoms. The summed E-state index contributed by atoms with van der Waals surface area (Å²) in [5.74, 6) is 0.578. The largest absolute Gasteiger partial charge is 0.496 e. The fraction of sp³-hybridized carbons (Fsp3) is 0.533. The smallest absolute Gasteiger partial charge is 0.192 e. The first kappa shape index (κ1) is 14.7. The minimum Gasteiger partial charge on any atom is -0.496 e. The number of methoxy groups -OCH3 is 1. The van der Waals surface area contributed by atoms with E-state index in [0.29, 0.717) is 11.3 Å². The highest BCUT2D eigenvalue weighted by Crippen LogP contribution is 2.25. The molecule has 0 saturated heterocycles. The van der Waals surface area contributed by atoms with Gasteiger partial charge in [0.15, 0.2) is 5.78 Å². The molecule has 0 aliphatic heterocycles. The normalized spacial score (nSPS) is 11.4. The fourth-order valence-electron chi connectivity index (χ4n) is 1.80. The highest BCUT2D eigenvalue weighted by molar-refractivity contribution is 6.01. The van der Waals surface area contributed by atoms with E-state index in [1.54, 1.807) is 7.11 Å². The fourth-order valence-corrected chi connectivity index (χ4v) is 1.80. The summed E-state index contributed by atoms with van der Waals surface area (Å²) >= 11 is 0. The summed E-state index contributed by atoms with van der Waals surface area (Å²) in [4.78, 5) is 12.2. The number of hydrogen-bond acceptors (Lipinski definition) is 3. The predicted molar refractivity (Wildman–Crippen MR) is 72.5 cm³/mol. The van der Waals surface area contributed by atoms with Gasteiger partial charge in [-0.05, 0) is 51.8 Å². The van der Waals surface area contributed by atoms with Crippen molar-refractivity contribution in [1.29, 1.82) is 0 Å². The van der Waals surface area contributed by atoms with Gasteiger partial charge >= 0.3 is 0 Å². The second kappa shape index (κ2) is 5.53. The SMILES string of the molecule is COc1cc(C)cc(C)c1C(=O)COC(C)(C)C. The second-order valence-corrected chi connectivity index (χ2v) is 5.48. The van der Waals surface area contributed by atoms with Crippen molar-refractivity contribution in [3.63, 3.8) is 0 Å². The molecule has 0 amide bonds. The number of ketones is 1. The minimum atomic E-state index is -0.318. The van der Waals surface area contributed by atoms with Gasteiger partial charge in [0.1, 0.15) is 12.4 Å². The molecule has 0 unspecified atom stereocenters. The molecule has 0 N–H and O–H groups in total. The molecule has 0 aromatic heterocycles. The van der Waals surface area contributed by atoms with Crippen molar-refractivity contribution in [1.82, 2.24) is 0 Å². The van der Waals surface area contributed by atoms with Crippen LogP contribution in [0.25, 0.3) is 0 Å². The Hall–Kier alpha value is -1.35. The Kier molecular flexibility index (Phi) is 4.52. The summed E-state index contributed by atoms with van der Waals surface area (Å²) in [5, 5.41) is 0. The van der Waals surface area contributed by atoms with Crippen LogP contribution in [0, 0.1) is 13.8 Å². The van der Waals surface area contributed by atoms with E-state index in [1.807, 2.05) is 46.8 Å². The van der Waals surface area contributed by atoms with Crippen molar-refractivity contribution in [3.8, 4) is 5.75 Å². The van der Waals surface area contributed by atoms with Crippen molar-refractivity contribution in [2.75, 3.05) is 13.7 Å². The molecule has 0 radical (unpaired) electrons. The molecular formula is C15H22O3. The Morgan fingerprint density at radius 3 is 2.33 bits per heavy atom. The first-order valence-electron chi connectivity index (χ1n) is 6.07. The predicted octanol–water partition coefficient (Wildman–Crippen LogP) is 3.31. The molecular weight excluding hydrogens is 228 g/mol. The van der Waals surface area contributed by atoms with Crippen LogP contribution in [0.4, 0.5) is 0 Å². The molecule has 100 valence electrons. The molecule has 1 rings (SSSR count). The van der Waals surface area contributed by atoms with Crippen LogP contribution in [-0.2, 0) is 4.74 Å². The van der Waals surface area contributed by atoms with Gasteiger partial charge < -0.3 is 9.47 Å². The number of hydrogen-bond donors (Lipinski definition) is 0. The van der Waals surface area contributed by atoms with Crippen molar-refractivity contribution in [2.24, 2.45) is 0 Å². The van der Waals surface area contributed by atoms with Gasteiger partial charge in [-0.3, -0.25) is 4.79 Å². The van der Waals surface area contributed by atoms with E-state index < -0.39 is 0 Å². The van der Waals surface area contributed by atoms with Gasteiger partial charge in [0, 0.05) is 0 Å². The van der Waals surface area contributed by atoms with Crippen molar-refractivity contribution in [3.05, 3.63) is 28.8 Å². The number of ether oxygens (including phenoxy) is 2. The zero-order chi connectivity index (χ0) is 13.9. The van der Waals surface area contributed by atoms with E-state index in [0.717, 1.165) is 11.1 Å². The first-order valence-corrected chi connectivity index (χ1v) is 6.07. The average molecular weight is 250 g/mol. The lowest BCUT2D eigenvalue weighted by Gasteiger charge is -2.20. The van der Waals surface area contributed by atoms with Crippen molar-refractivity contribution < 1.29 is 14.3 Å². The molecule has 0 saturated carbocycles. The van der Waals surface area contributed by atoms with E-state index in [1.165, 1.54) is 0 Å². The third kappa shape index (κ3) is 3.84. The molecule has 0 atom stereocenters. The van der Waals surface area contributed by atoms with E-state index >= 15 is 0 Å². The van der Waals surface area contributed by atoms with E-state index in [9.17, 15) is 4.79 Å². The molecule has 3 nitrogen and oxygen atoms in total. The Bertz CT molecular complexity index is 442. The monoisotopic (exact) mass is 250 g/mol. The third-order valence-electron chi connectivity index (χ3n) is 2.58. The van der Waals surface area contributed by atoms with Crippen LogP contribution in [0.1, 0.15) is 42.3 Å². The highest BCUT2D eigenvalue weighted by atomic mass is 16.5. The number of carbonyl (C=O) groups excluding carboxylic acids is 1. The number of aryl methyl sites for hydroxylation is 2. The third-order valence-corrected chi connectivity index (χ3v) is 2.58. The van der Waals surface area contributed by atoms with Crippen LogP contribution in [0.2, 0.25) is 0 Å². The van der Waals surface area contributed by atoms with Gasteiger partial charge in [0.05, 0.1) is 18.3 Å². The maximum Gasteiger partial charge on any atom is 0.192 e. The van der Waals surface area contributed by atoms with E-state index in [-0.39, 0.29) is 18.0 Å². The molecule has 0 aliphatic carbocycles. The molecule has 3 heteroatoms. The van der Waals surface area contributed by atoms with Crippen LogP contribution < -0.4 is 4.74 Å². The Morgan fingerprint density at radius 2 is 1.83 bits per heavy atom. The topological polar surface area (TPSA) is 35.5 Å². The highest BCUT2D eigenvalue weighted by Gasteiger charge is 2.19. The van der Waals surface area contributed by atoms with Gasteiger partial charge in [-0.1, -0.05) is 6.07 Å². The Balaban J connectivity index is 2.98. The molecule has 18 heavy (non-hydrogen) atoms. The number of carbonyl (C=O) groups is 1. The number of Topliss-reactive ketones (excluding diaryl/α,β-unsaturated/α-hetero) is 1. The molecule has 0 heterocycles. The van der Waals surface area contributed by atoms with Crippen LogP contribution in [0.3, 0.4) is 0 Å². The van der Waals surface area contributed by atoms with Crippen molar-refractivity contribution in [2.45, 2.75) is 40.2 Å². The molecule has 0 bridgehead atoms. The first-order chi connectivity index (χ1) is 8.24. The lowest BCUT2D eigenvalue weighted by Crippen LogP contribution is -2.24. The quantitative estimate of drug-likeness (QED) is 0.769. The summed E-state index contributed by atoms with van der Waals surface area (Å²) < 4.78 is 10.8. The van der Waals surface area contributed by atoms with Gasteiger partial charge in [0.25, 0.3) is 0 Å². The van der Waals surface area contributed by atoms with Crippen LogP contribution in [0.15, 0.2) is 12.1 Å². The van der Waals surface area contributed by atoms with Gasteiger partial charge in [0.2, 0.25) is 0 Å². The zero-order valence-electron chi connectivity index (χ0n) is 12.1. The Morgan fingerprint density at radius 1 is 1.22 bits per heavy atom. The molecule has 1 aromatic carbocycles. The van der Waals surface area contributed by atoms with E-state index in [2.05, 4.69) is 0 Å². The lowest BCUT2D eigenvalue weighted by molar-refractivity contribution is 0.00293. The summed E-state index contributed by atoms with van der Waals surface area (Å²) in [6.45, 7) is 9.76. The number of rotatable bonds is 4. The van der Waals surface area contributed by atoms with Crippen LogP contribution >= 0.6 is 0 Å². The average Bonchev–Trinajstić information content (AvgIpc) is 2.23. The maximum atomic E-state index is 12.2.